The average Bonchev–Trinajstić information content (AvgIpc) is 2.43. The summed E-state index contributed by atoms with van der Waals surface area (Å²) in [6.45, 7) is 6.96. The van der Waals surface area contributed by atoms with E-state index in [0.717, 1.165) is 6.42 Å². The van der Waals surface area contributed by atoms with Crippen LogP contribution in [-0.2, 0) is 6.42 Å². The molecule has 0 radical (unpaired) electrons. The summed E-state index contributed by atoms with van der Waals surface area (Å²) in [6, 6.07) is 9.85. The Morgan fingerprint density at radius 3 is 2.39 bits per heavy atom. The van der Waals surface area contributed by atoms with Gasteiger partial charge in [-0.3, -0.25) is 4.79 Å². The molecule has 3 heteroatoms. The van der Waals surface area contributed by atoms with E-state index in [1.54, 1.807) is 4.90 Å². The molecule has 1 aromatic rings. The zero-order valence-corrected chi connectivity index (χ0v) is 11.3. The topological polar surface area (TPSA) is 44.1 Å². The first-order chi connectivity index (χ1) is 8.62. The third kappa shape index (κ3) is 3.59. The average molecular weight is 244 g/mol. The molecule has 0 saturated carbocycles. The van der Waals surface area contributed by atoms with Crippen molar-refractivity contribution in [2.75, 3.05) is 13.1 Å². The van der Waals surface area contributed by atoms with E-state index in [9.17, 15) is 4.79 Å². The Kier molecular flexibility index (Phi) is 5.38. The minimum Gasteiger partial charge on any atom is -0.338 e. The van der Waals surface area contributed by atoms with E-state index in [0.29, 0.717) is 18.7 Å². The quantitative estimate of drug-likeness (QED) is 0.799. The first-order valence-electron chi connectivity index (χ1n) is 6.40. The molecule has 18 heavy (non-hydrogen) atoms. The van der Waals surface area contributed by atoms with E-state index in [-0.39, 0.29) is 11.8 Å². The molecule has 0 spiro atoms. The summed E-state index contributed by atoms with van der Waals surface area (Å²) in [5, 5.41) is 8.81. The van der Waals surface area contributed by atoms with Crippen molar-refractivity contribution in [2.45, 2.75) is 27.2 Å². The van der Waals surface area contributed by atoms with Gasteiger partial charge in [0.25, 0.3) is 5.91 Å². The maximum atomic E-state index is 12.2. The number of nitriles is 1. The molecule has 1 unspecified atom stereocenters. The number of nitrogens with zero attached hydrogens (tertiary/aromatic N) is 2. The highest BCUT2D eigenvalue weighted by Crippen LogP contribution is 2.10. The predicted octanol–water partition coefficient (Wildman–Crippen LogP) is 2.87. The molecule has 96 valence electrons. The van der Waals surface area contributed by atoms with Crippen molar-refractivity contribution in [2.24, 2.45) is 5.92 Å². The maximum Gasteiger partial charge on any atom is 0.253 e. The summed E-state index contributed by atoms with van der Waals surface area (Å²) in [7, 11) is 0. The van der Waals surface area contributed by atoms with Crippen molar-refractivity contribution in [3.8, 4) is 6.07 Å². The molecule has 0 N–H and O–H groups in total. The minimum absolute atomic E-state index is 0.00209. The van der Waals surface area contributed by atoms with E-state index in [2.05, 4.69) is 13.0 Å². The third-order valence-electron chi connectivity index (χ3n) is 2.99. The van der Waals surface area contributed by atoms with Gasteiger partial charge in [0.2, 0.25) is 0 Å². The van der Waals surface area contributed by atoms with E-state index in [4.69, 9.17) is 5.26 Å². The predicted molar refractivity (Wildman–Crippen MR) is 72.2 cm³/mol. The molecule has 0 heterocycles. The number of carbonyl (C=O) groups excluding carboxylic acids is 1. The summed E-state index contributed by atoms with van der Waals surface area (Å²) in [5.41, 5.74) is 1.92. The van der Waals surface area contributed by atoms with Crippen molar-refractivity contribution in [1.29, 1.82) is 5.26 Å². The van der Waals surface area contributed by atoms with Crippen LogP contribution < -0.4 is 0 Å². The van der Waals surface area contributed by atoms with Gasteiger partial charge >= 0.3 is 0 Å². The summed E-state index contributed by atoms with van der Waals surface area (Å²) in [6.07, 6.45) is 0.970. The first-order valence-corrected chi connectivity index (χ1v) is 6.40. The molecule has 1 rings (SSSR count). The lowest BCUT2D eigenvalue weighted by Crippen LogP contribution is -2.34. The van der Waals surface area contributed by atoms with Crippen molar-refractivity contribution in [1.82, 2.24) is 4.90 Å². The molecular formula is C15H20N2O. The van der Waals surface area contributed by atoms with Gasteiger partial charge in [-0.2, -0.15) is 5.26 Å². The summed E-state index contributed by atoms with van der Waals surface area (Å²) < 4.78 is 0. The van der Waals surface area contributed by atoms with E-state index in [1.807, 2.05) is 38.1 Å². The number of amides is 1. The lowest BCUT2D eigenvalue weighted by Gasteiger charge is -2.22. The monoisotopic (exact) mass is 244 g/mol. The summed E-state index contributed by atoms with van der Waals surface area (Å²) in [5.74, 6) is -0.133. The number of rotatable bonds is 5. The Hall–Kier alpha value is -1.82. The largest absolute Gasteiger partial charge is 0.338 e. The lowest BCUT2D eigenvalue weighted by atomic mass is 10.1. The van der Waals surface area contributed by atoms with Crippen molar-refractivity contribution in [3.05, 3.63) is 35.4 Å². The fourth-order valence-electron chi connectivity index (χ4n) is 1.79. The molecule has 0 aliphatic heterocycles. The Labute approximate surface area is 109 Å². The molecule has 1 atom stereocenters. The second kappa shape index (κ2) is 6.80. The number of carbonyl (C=O) groups is 1. The van der Waals surface area contributed by atoms with E-state index in [1.165, 1.54) is 5.56 Å². The SMILES string of the molecule is CCc1ccc(C(=O)N(CC)CC(C)C#N)cc1. The van der Waals surface area contributed by atoms with Crippen molar-refractivity contribution < 1.29 is 4.79 Å². The number of hydrogen-bond acceptors (Lipinski definition) is 2. The van der Waals surface area contributed by atoms with Crippen LogP contribution in [-0.4, -0.2) is 23.9 Å². The molecule has 0 aromatic heterocycles. The van der Waals surface area contributed by atoms with Gasteiger partial charge in [0, 0.05) is 18.7 Å². The fraction of sp³-hybridized carbons (Fsp3) is 0.467. The van der Waals surface area contributed by atoms with Crippen LogP contribution in [0, 0.1) is 17.2 Å². The van der Waals surface area contributed by atoms with Gasteiger partial charge in [0.05, 0.1) is 12.0 Å². The van der Waals surface area contributed by atoms with E-state index < -0.39 is 0 Å². The Bertz CT molecular complexity index is 431. The highest BCUT2D eigenvalue weighted by atomic mass is 16.2. The van der Waals surface area contributed by atoms with Crippen LogP contribution in [0.1, 0.15) is 36.7 Å². The Balaban J connectivity index is 2.80. The molecule has 0 bridgehead atoms. The van der Waals surface area contributed by atoms with E-state index >= 15 is 0 Å². The zero-order valence-electron chi connectivity index (χ0n) is 11.3. The summed E-state index contributed by atoms with van der Waals surface area (Å²) >= 11 is 0. The molecule has 0 aliphatic carbocycles. The van der Waals surface area contributed by atoms with Gasteiger partial charge in [-0.05, 0) is 38.0 Å². The van der Waals surface area contributed by atoms with Crippen LogP contribution in [0.4, 0.5) is 0 Å². The van der Waals surface area contributed by atoms with Gasteiger partial charge in [-0.15, -0.1) is 0 Å². The maximum absolute atomic E-state index is 12.2. The van der Waals surface area contributed by atoms with Crippen LogP contribution in [0.25, 0.3) is 0 Å². The van der Waals surface area contributed by atoms with Gasteiger partial charge in [0.15, 0.2) is 0 Å². The van der Waals surface area contributed by atoms with Crippen molar-refractivity contribution >= 4 is 5.91 Å². The zero-order chi connectivity index (χ0) is 13.5. The summed E-state index contributed by atoms with van der Waals surface area (Å²) in [4.78, 5) is 14.0. The number of aryl methyl sites for hydroxylation is 1. The molecule has 0 fully saturated rings. The first kappa shape index (κ1) is 14.2. The normalized spacial score (nSPS) is 11.7. The second-order valence-electron chi connectivity index (χ2n) is 4.42. The highest BCUT2D eigenvalue weighted by Gasteiger charge is 2.16. The lowest BCUT2D eigenvalue weighted by molar-refractivity contribution is 0.0752. The number of benzene rings is 1. The minimum atomic E-state index is -0.135. The van der Waals surface area contributed by atoms with Crippen molar-refractivity contribution in [3.63, 3.8) is 0 Å². The molecule has 1 amide bonds. The Morgan fingerprint density at radius 2 is 1.94 bits per heavy atom. The van der Waals surface area contributed by atoms with Crippen LogP contribution in [0.2, 0.25) is 0 Å². The van der Waals surface area contributed by atoms with Gasteiger partial charge < -0.3 is 4.90 Å². The molecule has 1 aromatic carbocycles. The Morgan fingerprint density at radius 1 is 1.33 bits per heavy atom. The smallest absolute Gasteiger partial charge is 0.253 e. The van der Waals surface area contributed by atoms with Crippen LogP contribution in [0.15, 0.2) is 24.3 Å². The van der Waals surface area contributed by atoms with Crippen LogP contribution >= 0.6 is 0 Å². The van der Waals surface area contributed by atoms with Gasteiger partial charge in [-0.1, -0.05) is 19.1 Å². The fourth-order valence-corrected chi connectivity index (χ4v) is 1.79. The third-order valence-corrected chi connectivity index (χ3v) is 2.99. The number of hydrogen-bond donors (Lipinski definition) is 0. The van der Waals surface area contributed by atoms with Crippen LogP contribution in [0.5, 0.6) is 0 Å². The van der Waals surface area contributed by atoms with Crippen LogP contribution in [0.3, 0.4) is 0 Å². The standard InChI is InChI=1S/C15H20N2O/c1-4-13-6-8-14(9-7-13)15(18)17(5-2)11-12(3)10-16/h6-9,12H,4-5,11H2,1-3H3. The highest BCUT2D eigenvalue weighted by molar-refractivity contribution is 5.94. The van der Waals surface area contributed by atoms with Gasteiger partial charge in [0.1, 0.15) is 0 Å². The second-order valence-corrected chi connectivity index (χ2v) is 4.42. The molecule has 3 nitrogen and oxygen atoms in total. The molecular weight excluding hydrogens is 224 g/mol. The molecule has 0 aliphatic rings. The van der Waals surface area contributed by atoms with Gasteiger partial charge in [-0.25, -0.2) is 0 Å². The molecule has 0 saturated heterocycles.